The van der Waals surface area contributed by atoms with Crippen LogP contribution in [-0.4, -0.2) is 35.2 Å². The fraction of sp³-hybridized carbons (Fsp3) is 0.185. The summed E-state index contributed by atoms with van der Waals surface area (Å²) in [5.41, 5.74) is 7.25. The Kier molecular flexibility index (Phi) is 6.02. The van der Waals surface area contributed by atoms with Gasteiger partial charge in [-0.25, -0.2) is 0 Å². The van der Waals surface area contributed by atoms with Crippen molar-refractivity contribution in [3.8, 4) is 0 Å². The molecule has 35 heavy (non-hydrogen) atoms. The highest BCUT2D eigenvalue weighted by Crippen LogP contribution is 2.40. The van der Waals surface area contributed by atoms with Crippen LogP contribution in [0.1, 0.15) is 30.0 Å². The summed E-state index contributed by atoms with van der Waals surface area (Å²) >= 11 is 1.18. The van der Waals surface area contributed by atoms with E-state index in [2.05, 4.69) is 32.0 Å². The van der Waals surface area contributed by atoms with Crippen LogP contribution in [-0.2, 0) is 18.3 Å². The molecule has 5 rings (SSSR count). The van der Waals surface area contributed by atoms with Crippen molar-refractivity contribution in [1.82, 2.24) is 17.9 Å². The van der Waals surface area contributed by atoms with Crippen molar-refractivity contribution in [1.29, 1.82) is 0 Å². The van der Waals surface area contributed by atoms with Gasteiger partial charge in [0, 0.05) is 24.5 Å². The number of aliphatic hydroxyl groups is 2. The number of aryl methyl sites for hydroxylation is 1. The first-order valence-corrected chi connectivity index (χ1v) is 11.9. The van der Waals surface area contributed by atoms with Gasteiger partial charge < -0.3 is 24.1 Å². The molecule has 0 saturated heterocycles. The lowest BCUT2D eigenvalue weighted by atomic mass is 10.1. The van der Waals surface area contributed by atoms with Crippen LogP contribution in [0.5, 0.6) is 0 Å². The zero-order valence-electron chi connectivity index (χ0n) is 19.8. The van der Waals surface area contributed by atoms with Crippen molar-refractivity contribution in [3.63, 3.8) is 0 Å². The summed E-state index contributed by atoms with van der Waals surface area (Å²) in [5.74, 6) is 0.690. The van der Waals surface area contributed by atoms with Gasteiger partial charge in [-0.15, -0.1) is 0 Å². The molecule has 0 aliphatic carbocycles. The minimum absolute atomic E-state index is 0.391. The maximum Gasteiger partial charge on any atom is 0.194 e. The highest BCUT2D eigenvalue weighted by atomic mass is 32.1. The summed E-state index contributed by atoms with van der Waals surface area (Å²) < 4.78 is 18.1. The van der Waals surface area contributed by atoms with Crippen LogP contribution < -0.4 is 0 Å². The lowest BCUT2D eigenvalue weighted by molar-refractivity contribution is -0.0480. The standard InChI is InChI=1S/C27H26N4O3S/c1-5-18(34-4)12-10-16(2)23-25-24(19-8-6-7-9-22(19)30(25)3)31(26(23)27(32)33)15-17-11-13-20-21(14-17)29-35-28-20/h5-14,27,32-33H,2,15H2,1,3-4H3/b12-10-,18-5+. The molecule has 0 amide bonds. The number of aliphatic hydroxyl groups excluding tert-OH is 1. The van der Waals surface area contributed by atoms with Gasteiger partial charge in [0.2, 0.25) is 0 Å². The van der Waals surface area contributed by atoms with E-state index in [9.17, 15) is 10.2 Å². The number of hydrogen-bond acceptors (Lipinski definition) is 6. The number of benzene rings is 2. The third-order valence-electron chi connectivity index (χ3n) is 6.33. The minimum Gasteiger partial charge on any atom is -0.497 e. The molecule has 0 aliphatic heterocycles. The van der Waals surface area contributed by atoms with E-state index >= 15 is 0 Å². The fourth-order valence-electron chi connectivity index (χ4n) is 4.72. The summed E-state index contributed by atoms with van der Waals surface area (Å²) in [6.45, 7) is 6.61. The van der Waals surface area contributed by atoms with Crippen LogP contribution in [0.4, 0.5) is 0 Å². The van der Waals surface area contributed by atoms with E-state index in [4.69, 9.17) is 4.74 Å². The first kappa shape index (κ1) is 23.0. The van der Waals surface area contributed by atoms with E-state index in [-0.39, 0.29) is 0 Å². The van der Waals surface area contributed by atoms with Crippen LogP contribution in [0.15, 0.2) is 73.0 Å². The fourth-order valence-corrected chi connectivity index (χ4v) is 5.23. The number of para-hydroxylation sites is 1. The van der Waals surface area contributed by atoms with E-state index < -0.39 is 6.29 Å². The van der Waals surface area contributed by atoms with Crippen molar-refractivity contribution < 1.29 is 14.9 Å². The van der Waals surface area contributed by atoms with Gasteiger partial charge in [-0.1, -0.05) is 36.9 Å². The molecule has 2 aromatic carbocycles. The maximum atomic E-state index is 10.6. The lowest BCUT2D eigenvalue weighted by Crippen LogP contribution is -2.10. The maximum absolute atomic E-state index is 10.6. The van der Waals surface area contributed by atoms with Crippen LogP contribution in [0, 0.1) is 0 Å². The van der Waals surface area contributed by atoms with Gasteiger partial charge in [-0.2, -0.15) is 8.75 Å². The molecule has 0 radical (unpaired) electrons. The number of fused-ring (bicyclic) bond motifs is 4. The first-order chi connectivity index (χ1) is 16.9. The molecule has 3 aromatic heterocycles. The Morgan fingerprint density at radius 3 is 2.63 bits per heavy atom. The smallest absolute Gasteiger partial charge is 0.194 e. The molecule has 5 aromatic rings. The Morgan fingerprint density at radius 1 is 1.11 bits per heavy atom. The molecule has 0 saturated carbocycles. The molecule has 0 bridgehead atoms. The number of nitrogens with zero attached hydrogens (tertiary/aromatic N) is 4. The van der Waals surface area contributed by atoms with Crippen molar-refractivity contribution in [2.45, 2.75) is 19.8 Å². The van der Waals surface area contributed by atoms with Crippen LogP contribution in [0.3, 0.4) is 0 Å². The molecule has 0 atom stereocenters. The van der Waals surface area contributed by atoms with Gasteiger partial charge in [0.15, 0.2) is 6.29 Å². The predicted octanol–water partition coefficient (Wildman–Crippen LogP) is 5.29. The Labute approximate surface area is 206 Å². The summed E-state index contributed by atoms with van der Waals surface area (Å²) in [6, 6.07) is 14.1. The van der Waals surface area contributed by atoms with Gasteiger partial charge in [0.25, 0.3) is 0 Å². The second-order valence-electron chi connectivity index (χ2n) is 8.33. The monoisotopic (exact) mass is 486 g/mol. The van der Waals surface area contributed by atoms with Gasteiger partial charge in [-0.3, -0.25) is 0 Å². The first-order valence-electron chi connectivity index (χ1n) is 11.2. The zero-order valence-corrected chi connectivity index (χ0v) is 20.6. The molecule has 3 heterocycles. The largest absolute Gasteiger partial charge is 0.497 e. The third-order valence-corrected chi connectivity index (χ3v) is 6.88. The highest BCUT2D eigenvalue weighted by Gasteiger charge is 2.27. The average Bonchev–Trinajstić information content (AvgIpc) is 3.53. The van der Waals surface area contributed by atoms with Crippen LogP contribution in [0.2, 0.25) is 0 Å². The number of hydrogen-bond donors (Lipinski definition) is 2. The van der Waals surface area contributed by atoms with Crippen molar-refractivity contribution in [2.75, 3.05) is 7.11 Å². The Hall–Kier alpha value is -3.72. The molecular weight excluding hydrogens is 460 g/mol. The summed E-state index contributed by atoms with van der Waals surface area (Å²) in [4.78, 5) is 0. The van der Waals surface area contributed by atoms with E-state index in [0.29, 0.717) is 29.1 Å². The molecule has 0 aliphatic rings. The predicted molar refractivity (Wildman–Crippen MR) is 141 cm³/mol. The second-order valence-corrected chi connectivity index (χ2v) is 8.86. The Bertz CT molecular complexity index is 1630. The SMILES string of the molecule is C=C(/C=C\C(=C/C)OC)c1c(C(O)O)n(Cc2ccc3nsnc3c2)c2c3ccccc3n(C)c12. The van der Waals surface area contributed by atoms with E-state index in [1.165, 1.54) is 11.7 Å². The molecule has 2 N–H and O–H groups in total. The molecule has 0 spiro atoms. The minimum atomic E-state index is -1.70. The molecule has 8 heteroatoms. The summed E-state index contributed by atoms with van der Waals surface area (Å²) in [7, 11) is 3.60. The third kappa shape index (κ3) is 3.85. The number of methoxy groups -OCH3 is 1. The van der Waals surface area contributed by atoms with E-state index in [1.54, 1.807) is 7.11 Å². The average molecular weight is 487 g/mol. The molecule has 7 nitrogen and oxygen atoms in total. The quantitative estimate of drug-likeness (QED) is 0.186. The Morgan fingerprint density at radius 2 is 1.89 bits per heavy atom. The van der Waals surface area contributed by atoms with Crippen LogP contribution in [0.25, 0.3) is 38.5 Å². The Balaban J connectivity index is 1.79. The summed E-state index contributed by atoms with van der Waals surface area (Å²) in [6.07, 6.45) is 3.82. The van der Waals surface area contributed by atoms with Crippen LogP contribution >= 0.6 is 11.7 Å². The number of allylic oxidation sites excluding steroid dienone is 4. The van der Waals surface area contributed by atoms with Gasteiger partial charge >= 0.3 is 0 Å². The van der Waals surface area contributed by atoms with Gasteiger partial charge in [0.1, 0.15) is 16.8 Å². The topological polar surface area (TPSA) is 85.3 Å². The van der Waals surface area contributed by atoms with E-state index in [1.807, 2.05) is 67.1 Å². The summed E-state index contributed by atoms with van der Waals surface area (Å²) in [5, 5.41) is 22.2. The van der Waals surface area contributed by atoms with Crippen molar-refractivity contribution >= 4 is 50.3 Å². The van der Waals surface area contributed by atoms with Gasteiger partial charge in [0.05, 0.1) is 41.1 Å². The molecule has 0 fully saturated rings. The number of aromatic nitrogens is 4. The highest BCUT2D eigenvalue weighted by molar-refractivity contribution is 7.00. The molecular formula is C27H26N4O3S. The second kappa shape index (κ2) is 9.14. The lowest BCUT2D eigenvalue weighted by Gasteiger charge is -2.15. The van der Waals surface area contributed by atoms with Gasteiger partial charge in [-0.05, 0) is 48.4 Å². The zero-order chi connectivity index (χ0) is 24.7. The van der Waals surface area contributed by atoms with Crippen molar-refractivity contribution in [3.05, 3.63) is 89.9 Å². The molecule has 178 valence electrons. The van der Waals surface area contributed by atoms with Crippen molar-refractivity contribution in [2.24, 2.45) is 7.05 Å². The normalized spacial score (nSPS) is 12.7. The molecule has 0 unspecified atom stereocenters. The number of rotatable bonds is 7. The van der Waals surface area contributed by atoms with E-state index in [0.717, 1.165) is 38.5 Å². The number of ether oxygens (including phenoxy) is 1.